The SMILES string of the molecule is CC(=O)c1cccc(NC(=O)c2ccc(NCCCN(C)C)nn2)c1. The van der Waals surface area contributed by atoms with Crippen molar-refractivity contribution in [3.8, 4) is 0 Å². The van der Waals surface area contributed by atoms with E-state index >= 15 is 0 Å². The van der Waals surface area contributed by atoms with E-state index in [9.17, 15) is 9.59 Å². The van der Waals surface area contributed by atoms with Gasteiger partial charge in [0.25, 0.3) is 5.91 Å². The molecule has 0 unspecified atom stereocenters. The van der Waals surface area contributed by atoms with Crippen molar-refractivity contribution in [2.45, 2.75) is 13.3 Å². The Morgan fingerprint density at radius 2 is 1.92 bits per heavy atom. The molecule has 0 saturated carbocycles. The monoisotopic (exact) mass is 341 g/mol. The normalized spacial score (nSPS) is 10.6. The highest BCUT2D eigenvalue weighted by atomic mass is 16.2. The Labute approximate surface area is 147 Å². The molecule has 0 radical (unpaired) electrons. The molecule has 132 valence electrons. The van der Waals surface area contributed by atoms with Gasteiger partial charge in [0.1, 0.15) is 5.82 Å². The molecule has 2 N–H and O–H groups in total. The lowest BCUT2D eigenvalue weighted by atomic mass is 10.1. The highest BCUT2D eigenvalue weighted by molar-refractivity contribution is 6.03. The molecule has 0 atom stereocenters. The summed E-state index contributed by atoms with van der Waals surface area (Å²) in [6.07, 6.45) is 0.989. The number of carbonyl (C=O) groups is 2. The van der Waals surface area contributed by atoms with Gasteiger partial charge >= 0.3 is 0 Å². The van der Waals surface area contributed by atoms with Crippen LogP contribution in [0.25, 0.3) is 0 Å². The third-order valence-corrected chi connectivity index (χ3v) is 3.51. The zero-order valence-corrected chi connectivity index (χ0v) is 14.7. The molecule has 0 saturated heterocycles. The Morgan fingerprint density at radius 1 is 1.12 bits per heavy atom. The van der Waals surface area contributed by atoms with E-state index in [-0.39, 0.29) is 17.4 Å². The van der Waals surface area contributed by atoms with E-state index in [1.165, 1.54) is 6.92 Å². The molecular formula is C18H23N5O2. The second-order valence-corrected chi connectivity index (χ2v) is 5.98. The first-order valence-corrected chi connectivity index (χ1v) is 8.10. The average Bonchev–Trinajstić information content (AvgIpc) is 2.59. The molecule has 1 heterocycles. The number of ketones is 1. The van der Waals surface area contributed by atoms with Crippen LogP contribution < -0.4 is 10.6 Å². The Kier molecular flexibility index (Phi) is 6.59. The van der Waals surface area contributed by atoms with E-state index in [1.807, 2.05) is 14.1 Å². The van der Waals surface area contributed by atoms with Crippen molar-refractivity contribution < 1.29 is 9.59 Å². The molecule has 25 heavy (non-hydrogen) atoms. The predicted molar refractivity (Wildman–Crippen MR) is 98.1 cm³/mol. The van der Waals surface area contributed by atoms with Gasteiger partial charge in [0.2, 0.25) is 0 Å². The number of hydrogen-bond donors (Lipinski definition) is 2. The number of amides is 1. The minimum absolute atomic E-state index is 0.0550. The van der Waals surface area contributed by atoms with Crippen LogP contribution in [0.15, 0.2) is 36.4 Å². The predicted octanol–water partition coefficient (Wildman–Crippen LogP) is 2.30. The Morgan fingerprint density at radius 3 is 2.56 bits per heavy atom. The van der Waals surface area contributed by atoms with Crippen LogP contribution in [0.5, 0.6) is 0 Å². The second-order valence-electron chi connectivity index (χ2n) is 5.98. The van der Waals surface area contributed by atoms with E-state index in [2.05, 4.69) is 25.7 Å². The molecule has 2 rings (SSSR count). The van der Waals surface area contributed by atoms with Gasteiger partial charge in [-0.2, -0.15) is 0 Å². The van der Waals surface area contributed by atoms with E-state index in [0.717, 1.165) is 19.5 Å². The number of Topliss-reactive ketones (excluding diaryl/α,β-unsaturated/α-hetero) is 1. The van der Waals surface area contributed by atoms with Gasteiger partial charge in [0, 0.05) is 17.8 Å². The zero-order chi connectivity index (χ0) is 18.2. The molecule has 7 nitrogen and oxygen atoms in total. The van der Waals surface area contributed by atoms with E-state index in [0.29, 0.717) is 17.1 Å². The summed E-state index contributed by atoms with van der Waals surface area (Å²) in [5.41, 5.74) is 1.30. The lowest BCUT2D eigenvalue weighted by Crippen LogP contribution is -2.17. The smallest absolute Gasteiger partial charge is 0.276 e. The third kappa shape index (κ3) is 5.96. The van der Waals surface area contributed by atoms with Crippen molar-refractivity contribution in [3.63, 3.8) is 0 Å². The van der Waals surface area contributed by atoms with Crippen LogP contribution in [0.1, 0.15) is 34.2 Å². The first-order valence-electron chi connectivity index (χ1n) is 8.10. The number of nitrogens with one attached hydrogen (secondary N) is 2. The lowest BCUT2D eigenvalue weighted by molar-refractivity contribution is 0.100. The molecule has 0 bridgehead atoms. The minimum Gasteiger partial charge on any atom is -0.369 e. The van der Waals surface area contributed by atoms with Gasteiger partial charge < -0.3 is 15.5 Å². The lowest BCUT2D eigenvalue weighted by Gasteiger charge is -2.10. The number of carbonyl (C=O) groups excluding carboxylic acids is 2. The highest BCUT2D eigenvalue weighted by Gasteiger charge is 2.09. The van der Waals surface area contributed by atoms with Crippen molar-refractivity contribution in [1.82, 2.24) is 15.1 Å². The molecule has 1 amide bonds. The van der Waals surface area contributed by atoms with E-state index in [1.54, 1.807) is 36.4 Å². The second kappa shape index (κ2) is 8.89. The van der Waals surface area contributed by atoms with Crippen molar-refractivity contribution in [1.29, 1.82) is 0 Å². The quantitative estimate of drug-likeness (QED) is 0.566. The number of aromatic nitrogens is 2. The van der Waals surface area contributed by atoms with E-state index < -0.39 is 0 Å². The summed E-state index contributed by atoms with van der Waals surface area (Å²) in [5, 5.41) is 13.8. The molecule has 0 spiro atoms. The number of hydrogen-bond acceptors (Lipinski definition) is 6. The highest BCUT2D eigenvalue weighted by Crippen LogP contribution is 2.12. The minimum atomic E-state index is -0.368. The summed E-state index contributed by atoms with van der Waals surface area (Å²) in [4.78, 5) is 25.7. The maximum absolute atomic E-state index is 12.2. The van der Waals surface area contributed by atoms with Gasteiger partial charge in [0.15, 0.2) is 11.5 Å². The Balaban J connectivity index is 1.92. The van der Waals surface area contributed by atoms with Crippen molar-refractivity contribution >= 4 is 23.2 Å². The molecule has 0 aliphatic rings. The standard InChI is InChI=1S/C18H23N5O2/c1-13(24)14-6-4-7-15(12-14)20-18(25)16-8-9-17(22-21-16)19-10-5-11-23(2)3/h4,6-9,12H,5,10-11H2,1-3H3,(H,19,22)(H,20,25). The summed E-state index contributed by atoms with van der Waals surface area (Å²) in [5.74, 6) is 0.210. The van der Waals surface area contributed by atoms with Crippen LogP contribution in [0.3, 0.4) is 0 Å². The number of nitrogens with zero attached hydrogens (tertiary/aromatic N) is 3. The summed E-state index contributed by atoms with van der Waals surface area (Å²) < 4.78 is 0. The average molecular weight is 341 g/mol. The fourth-order valence-corrected chi connectivity index (χ4v) is 2.17. The molecule has 0 aliphatic carbocycles. The maximum Gasteiger partial charge on any atom is 0.276 e. The number of rotatable bonds is 8. The van der Waals surface area contributed by atoms with E-state index in [4.69, 9.17) is 0 Å². The molecule has 0 aliphatic heterocycles. The fourth-order valence-electron chi connectivity index (χ4n) is 2.17. The first kappa shape index (κ1) is 18.5. The van der Waals surface area contributed by atoms with Crippen LogP contribution in [0, 0.1) is 0 Å². The van der Waals surface area contributed by atoms with Crippen LogP contribution in [0.4, 0.5) is 11.5 Å². The van der Waals surface area contributed by atoms with Crippen LogP contribution >= 0.6 is 0 Å². The van der Waals surface area contributed by atoms with Crippen LogP contribution in [0.2, 0.25) is 0 Å². The Bertz CT molecular complexity index is 729. The molecular weight excluding hydrogens is 318 g/mol. The Hall–Kier alpha value is -2.80. The largest absolute Gasteiger partial charge is 0.369 e. The van der Waals surface area contributed by atoms with Crippen LogP contribution in [-0.4, -0.2) is 54.0 Å². The zero-order valence-electron chi connectivity index (χ0n) is 14.7. The number of anilines is 2. The maximum atomic E-state index is 12.2. The van der Waals surface area contributed by atoms with Gasteiger partial charge in [-0.1, -0.05) is 12.1 Å². The first-order chi connectivity index (χ1) is 12.0. The summed E-state index contributed by atoms with van der Waals surface area (Å²) in [7, 11) is 4.05. The molecule has 2 aromatic rings. The van der Waals surface area contributed by atoms with Gasteiger partial charge in [0.05, 0.1) is 0 Å². The van der Waals surface area contributed by atoms with Gasteiger partial charge in [-0.3, -0.25) is 9.59 Å². The van der Waals surface area contributed by atoms with Gasteiger partial charge in [-0.25, -0.2) is 0 Å². The molecule has 0 fully saturated rings. The van der Waals surface area contributed by atoms with Gasteiger partial charge in [-0.05, 0) is 58.3 Å². The van der Waals surface area contributed by atoms with Gasteiger partial charge in [-0.15, -0.1) is 10.2 Å². The van der Waals surface area contributed by atoms with Crippen molar-refractivity contribution in [2.24, 2.45) is 0 Å². The molecule has 7 heteroatoms. The summed E-state index contributed by atoms with van der Waals surface area (Å²) >= 11 is 0. The number of benzene rings is 1. The molecule has 1 aromatic heterocycles. The van der Waals surface area contributed by atoms with Crippen molar-refractivity contribution in [2.75, 3.05) is 37.8 Å². The topological polar surface area (TPSA) is 87.2 Å². The van der Waals surface area contributed by atoms with Crippen LogP contribution in [-0.2, 0) is 0 Å². The summed E-state index contributed by atoms with van der Waals surface area (Å²) in [6, 6.07) is 10.1. The summed E-state index contributed by atoms with van der Waals surface area (Å²) in [6.45, 7) is 3.26. The van der Waals surface area contributed by atoms with Crippen molar-refractivity contribution in [3.05, 3.63) is 47.7 Å². The third-order valence-electron chi connectivity index (χ3n) is 3.51. The molecule has 1 aromatic carbocycles. The fraction of sp³-hybridized carbons (Fsp3) is 0.333.